The lowest BCUT2D eigenvalue weighted by atomic mass is 10.1. The molecule has 0 aromatic heterocycles. The number of para-hydroxylation sites is 1. The summed E-state index contributed by atoms with van der Waals surface area (Å²) in [5.74, 6) is -0.0794. The van der Waals surface area contributed by atoms with Crippen molar-refractivity contribution in [3.8, 4) is 0 Å². The third kappa shape index (κ3) is 11.0. The molecule has 6 nitrogen and oxygen atoms in total. The van der Waals surface area contributed by atoms with Crippen molar-refractivity contribution in [1.29, 1.82) is 0 Å². The summed E-state index contributed by atoms with van der Waals surface area (Å²) >= 11 is 23.2. The number of unbranched alkanes of at least 4 members (excludes halogenated alkanes) is 1. The minimum absolute atomic E-state index is 0.0154. The molecule has 0 radical (unpaired) electrons. The number of hydrogen-bond acceptors (Lipinski definition) is 4. The average Bonchev–Trinajstić information content (AvgIpc) is 2.95. The predicted octanol–water partition coefficient (Wildman–Crippen LogP) is 7.30. The number of rotatable bonds is 9. The number of amides is 2. The quantitative estimate of drug-likeness (QED) is 0.250. The lowest BCUT2D eigenvalue weighted by molar-refractivity contribution is -0.119. The van der Waals surface area contributed by atoms with Gasteiger partial charge in [-0.1, -0.05) is 76.7 Å². The molecule has 1 aliphatic rings. The maximum Gasteiger partial charge on any atom is 0.253 e. The van der Waals surface area contributed by atoms with Crippen molar-refractivity contribution in [2.45, 2.75) is 26.3 Å². The van der Waals surface area contributed by atoms with Gasteiger partial charge in [-0.05, 0) is 61.3 Å². The van der Waals surface area contributed by atoms with Gasteiger partial charge in [0, 0.05) is 74.5 Å². The summed E-state index contributed by atoms with van der Waals surface area (Å²) < 4.78 is 0. The number of nitrogens with zero attached hydrogens (tertiary/aromatic N) is 3. The minimum atomic E-state index is -0.0639. The molecule has 3 aromatic rings. The van der Waals surface area contributed by atoms with Gasteiger partial charge in [0.15, 0.2) is 0 Å². The summed E-state index contributed by atoms with van der Waals surface area (Å²) in [7, 11) is 1.81. The molecule has 1 heterocycles. The molecule has 1 aliphatic heterocycles. The highest BCUT2D eigenvalue weighted by molar-refractivity contribution is 6.41. The summed E-state index contributed by atoms with van der Waals surface area (Å²) in [4.78, 5) is 30.5. The van der Waals surface area contributed by atoms with Crippen LogP contribution in [0.15, 0.2) is 66.7 Å². The maximum absolute atomic E-state index is 12.6. The van der Waals surface area contributed by atoms with E-state index in [1.165, 1.54) is 5.69 Å². The fourth-order valence-corrected chi connectivity index (χ4v) is 5.32. The molecule has 41 heavy (non-hydrogen) atoms. The van der Waals surface area contributed by atoms with E-state index in [-0.39, 0.29) is 11.8 Å². The molecule has 4 rings (SSSR count). The van der Waals surface area contributed by atoms with Crippen molar-refractivity contribution in [2.75, 3.05) is 51.2 Å². The molecule has 0 atom stereocenters. The minimum Gasteiger partial charge on any atom is -0.369 e. The first-order valence-electron chi connectivity index (χ1n) is 13.5. The molecule has 10 heteroatoms. The fraction of sp³-hybridized carbons (Fsp3) is 0.355. The number of carbonyl (C=O) groups is 2. The van der Waals surface area contributed by atoms with Crippen LogP contribution in [0.2, 0.25) is 20.1 Å². The first-order valence-corrected chi connectivity index (χ1v) is 15.1. The number of carbonyl (C=O) groups excluding carboxylic acids is 2. The molecule has 0 bridgehead atoms. The van der Waals surface area contributed by atoms with E-state index in [2.05, 4.69) is 27.2 Å². The van der Waals surface area contributed by atoms with Gasteiger partial charge >= 0.3 is 0 Å². The molecule has 0 saturated carbocycles. The zero-order valence-electron chi connectivity index (χ0n) is 23.4. The Morgan fingerprint density at radius 3 is 2.00 bits per heavy atom. The van der Waals surface area contributed by atoms with Crippen LogP contribution in [0.1, 0.15) is 35.7 Å². The number of piperazine rings is 1. The van der Waals surface area contributed by atoms with Gasteiger partial charge in [-0.15, -0.1) is 0 Å². The lowest BCUT2D eigenvalue weighted by Gasteiger charge is -2.37. The number of hydrogen-bond donors (Lipinski definition) is 1. The number of nitrogens with one attached hydrogen (secondary N) is 1. The number of halogens is 4. The summed E-state index contributed by atoms with van der Waals surface area (Å²) in [5, 5.41) is 5.05. The van der Waals surface area contributed by atoms with E-state index < -0.39 is 0 Å². The molecule has 0 unspecified atom stereocenters. The van der Waals surface area contributed by atoms with Crippen LogP contribution < -0.4 is 10.2 Å². The van der Waals surface area contributed by atoms with Gasteiger partial charge in [0.2, 0.25) is 5.91 Å². The second-order valence-corrected chi connectivity index (χ2v) is 11.6. The Kier molecular flexibility index (Phi) is 13.6. The van der Waals surface area contributed by atoms with Crippen molar-refractivity contribution in [2.24, 2.45) is 0 Å². The zero-order chi connectivity index (χ0) is 29.8. The third-order valence-electron chi connectivity index (χ3n) is 6.73. The van der Waals surface area contributed by atoms with Crippen molar-refractivity contribution in [3.63, 3.8) is 0 Å². The van der Waals surface area contributed by atoms with E-state index in [4.69, 9.17) is 46.4 Å². The summed E-state index contributed by atoms with van der Waals surface area (Å²) in [6.45, 7) is 7.75. The molecule has 2 amide bonds. The van der Waals surface area contributed by atoms with Gasteiger partial charge in [0.05, 0.1) is 10.0 Å². The first-order chi connectivity index (χ1) is 19.6. The van der Waals surface area contributed by atoms with Crippen LogP contribution >= 0.6 is 46.4 Å². The van der Waals surface area contributed by atoms with Crippen LogP contribution in [-0.4, -0.2) is 67.9 Å². The fourth-order valence-electron chi connectivity index (χ4n) is 4.52. The van der Waals surface area contributed by atoms with Crippen LogP contribution in [0, 0.1) is 0 Å². The largest absolute Gasteiger partial charge is 0.369 e. The highest BCUT2D eigenvalue weighted by Crippen LogP contribution is 2.23. The molecule has 1 N–H and O–H groups in total. The highest BCUT2D eigenvalue weighted by atomic mass is 35.5. The second-order valence-electron chi connectivity index (χ2n) is 9.87. The lowest BCUT2D eigenvalue weighted by Crippen LogP contribution is -2.47. The van der Waals surface area contributed by atoms with Crippen molar-refractivity contribution < 1.29 is 9.59 Å². The molecule has 220 valence electrons. The second kappa shape index (κ2) is 16.8. The van der Waals surface area contributed by atoms with Crippen molar-refractivity contribution in [1.82, 2.24) is 15.1 Å². The SMILES string of the molecule is CC(=O)NCc1ccccc1N1CCN(CCCCN(C)C(=O)c2cc(Cl)cc(Cl)c2)CC1.Clc1ccccc1Cl. The van der Waals surface area contributed by atoms with Crippen LogP contribution in [0.5, 0.6) is 0 Å². The van der Waals surface area contributed by atoms with Crippen LogP contribution in [-0.2, 0) is 11.3 Å². The van der Waals surface area contributed by atoms with E-state index in [1.807, 2.05) is 31.3 Å². The van der Waals surface area contributed by atoms with E-state index in [1.54, 1.807) is 42.2 Å². The van der Waals surface area contributed by atoms with Crippen LogP contribution in [0.3, 0.4) is 0 Å². The summed E-state index contributed by atoms with van der Waals surface area (Å²) in [6, 6.07) is 20.4. The number of benzene rings is 3. The van der Waals surface area contributed by atoms with Gasteiger partial charge < -0.3 is 15.1 Å². The normalized spacial score (nSPS) is 13.3. The Hall–Kier alpha value is -2.48. The van der Waals surface area contributed by atoms with E-state index in [0.717, 1.165) is 51.1 Å². The van der Waals surface area contributed by atoms with Crippen molar-refractivity contribution in [3.05, 3.63) is 97.9 Å². The summed E-state index contributed by atoms with van der Waals surface area (Å²) in [5.41, 5.74) is 2.87. The van der Waals surface area contributed by atoms with Gasteiger partial charge in [0.25, 0.3) is 5.91 Å². The standard InChI is InChI=1S/C25H32Cl2N4O2.C6H4Cl2/c1-19(32)28-18-20-7-3-4-8-24(20)31-13-11-30(12-14-31)10-6-5-9-29(2)25(33)21-15-22(26)17-23(27)16-21;7-5-3-1-2-4-6(5)8/h3-4,7-8,15-17H,5-6,9-14,18H2,1-2H3,(H,28,32);1-4H. The monoisotopic (exact) mass is 636 g/mol. The zero-order valence-corrected chi connectivity index (χ0v) is 26.4. The Bertz CT molecular complexity index is 1260. The Balaban J connectivity index is 0.000000496. The van der Waals surface area contributed by atoms with E-state index >= 15 is 0 Å². The maximum atomic E-state index is 12.6. The van der Waals surface area contributed by atoms with Crippen LogP contribution in [0.25, 0.3) is 0 Å². The van der Waals surface area contributed by atoms with E-state index in [9.17, 15) is 9.59 Å². The highest BCUT2D eigenvalue weighted by Gasteiger charge is 2.19. The van der Waals surface area contributed by atoms with Gasteiger partial charge in [0.1, 0.15) is 0 Å². The first kappa shape index (κ1) is 33.0. The molecule has 3 aromatic carbocycles. The summed E-state index contributed by atoms with van der Waals surface area (Å²) in [6.07, 6.45) is 1.98. The Labute approximate surface area is 263 Å². The molecule has 0 aliphatic carbocycles. The topological polar surface area (TPSA) is 55.9 Å². The Morgan fingerprint density at radius 2 is 1.41 bits per heavy atom. The van der Waals surface area contributed by atoms with Gasteiger partial charge in [-0.3, -0.25) is 14.5 Å². The molecule has 0 spiro atoms. The third-order valence-corrected chi connectivity index (χ3v) is 7.92. The number of anilines is 1. The smallest absolute Gasteiger partial charge is 0.253 e. The van der Waals surface area contributed by atoms with Gasteiger partial charge in [-0.2, -0.15) is 0 Å². The Morgan fingerprint density at radius 1 is 0.829 bits per heavy atom. The average molecular weight is 638 g/mol. The van der Waals surface area contributed by atoms with Gasteiger partial charge in [-0.25, -0.2) is 0 Å². The van der Waals surface area contributed by atoms with E-state index in [0.29, 0.717) is 38.7 Å². The van der Waals surface area contributed by atoms with Crippen molar-refractivity contribution >= 4 is 63.9 Å². The predicted molar refractivity (Wildman–Crippen MR) is 172 cm³/mol. The molecule has 1 saturated heterocycles. The molecule has 1 fully saturated rings. The molecular weight excluding hydrogens is 602 g/mol. The molecular formula is C31H36Cl4N4O2. The van der Waals surface area contributed by atoms with Crippen LogP contribution in [0.4, 0.5) is 5.69 Å².